The summed E-state index contributed by atoms with van der Waals surface area (Å²) < 4.78 is 10.6. The minimum atomic E-state index is -0.658. The highest BCUT2D eigenvalue weighted by atomic mass is 16.5. The topological polar surface area (TPSA) is 90.4 Å². The quantitative estimate of drug-likeness (QED) is 0.870. The van der Waals surface area contributed by atoms with Gasteiger partial charge in [0.05, 0.1) is 0 Å². The third-order valence-electron chi connectivity index (χ3n) is 2.96. The van der Waals surface area contributed by atoms with Crippen molar-refractivity contribution in [2.24, 2.45) is 5.73 Å². The number of ether oxygens (including phenoxy) is 1. The van der Waals surface area contributed by atoms with Crippen LogP contribution in [0.4, 0.5) is 5.69 Å². The molecule has 0 aliphatic carbocycles. The predicted molar refractivity (Wildman–Crippen MR) is 76.6 cm³/mol. The van der Waals surface area contributed by atoms with E-state index in [1.54, 1.807) is 18.2 Å². The van der Waals surface area contributed by atoms with Crippen LogP contribution in [0.5, 0.6) is 0 Å². The van der Waals surface area contributed by atoms with E-state index in [1.165, 1.54) is 7.11 Å². The molecule has 0 radical (unpaired) electrons. The molecule has 6 heteroatoms. The van der Waals surface area contributed by atoms with Crippen LogP contribution < -0.4 is 11.1 Å². The molecular weight excluding hydrogens is 258 g/mol. The smallest absolute Gasteiger partial charge is 0.254 e. The van der Waals surface area contributed by atoms with E-state index < -0.39 is 6.10 Å². The number of nitrogens with zero attached hydrogens (tertiary/aromatic N) is 1. The number of amides is 1. The molecule has 2 rings (SSSR count). The van der Waals surface area contributed by atoms with E-state index in [0.29, 0.717) is 22.7 Å². The number of rotatable bonds is 5. The molecule has 3 N–H and O–H groups in total. The Morgan fingerprint density at radius 2 is 2.25 bits per heavy atom. The summed E-state index contributed by atoms with van der Waals surface area (Å²) >= 11 is 0. The first-order valence-electron chi connectivity index (χ1n) is 6.49. The normalized spacial score (nSPS) is 12.8. The van der Waals surface area contributed by atoms with Crippen LogP contribution in [0.3, 0.4) is 0 Å². The first-order chi connectivity index (χ1) is 9.55. The number of anilines is 1. The Labute approximate surface area is 117 Å². The van der Waals surface area contributed by atoms with Crippen molar-refractivity contribution in [2.45, 2.75) is 25.9 Å². The molecular formula is C14H19N3O3. The zero-order valence-electron chi connectivity index (χ0n) is 11.8. The van der Waals surface area contributed by atoms with Gasteiger partial charge in [-0.3, -0.25) is 4.79 Å². The second-order valence-corrected chi connectivity index (χ2v) is 4.84. The van der Waals surface area contributed by atoms with E-state index in [4.69, 9.17) is 14.9 Å². The van der Waals surface area contributed by atoms with Gasteiger partial charge in [-0.1, -0.05) is 13.8 Å². The molecule has 0 bridgehead atoms. The maximum Gasteiger partial charge on any atom is 0.254 e. The minimum absolute atomic E-state index is 0.131. The maximum absolute atomic E-state index is 11.9. The van der Waals surface area contributed by atoms with E-state index >= 15 is 0 Å². The summed E-state index contributed by atoms with van der Waals surface area (Å²) in [5.41, 5.74) is 7.51. The van der Waals surface area contributed by atoms with Gasteiger partial charge in [-0.05, 0) is 18.2 Å². The fourth-order valence-corrected chi connectivity index (χ4v) is 1.80. The summed E-state index contributed by atoms with van der Waals surface area (Å²) in [4.78, 5) is 16.3. The van der Waals surface area contributed by atoms with Crippen LogP contribution in [0.15, 0.2) is 22.6 Å². The van der Waals surface area contributed by atoms with Gasteiger partial charge in [0.25, 0.3) is 5.91 Å². The van der Waals surface area contributed by atoms with E-state index in [1.807, 2.05) is 13.8 Å². The van der Waals surface area contributed by atoms with E-state index in [2.05, 4.69) is 10.3 Å². The molecule has 1 unspecified atom stereocenters. The van der Waals surface area contributed by atoms with Crippen LogP contribution in [0, 0.1) is 0 Å². The van der Waals surface area contributed by atoms with Crippen LogP contribution >= 0.6 is 0 Å². The number of aromatic nitrogens is 1. The number of fused-ring (bicyclic) bond motifs is 1. The number of nitrogens with two attached hydrogens (primary N) is 1. The van der Waals surface area contributed by atoms with Crippen molar-refractivity contribution in [3.63, 3.8) is 0 Å². The predicted octanol–water partition coefficient (Wildman–Crippen LogP) is 1.86. The van der Waals surface area contributed by atoms with Crippen LogP contribution in [0.2, 0.25) is 0 Å². The highest BCUT2D eigenvalue weighted by Crippen LogP contribution is 2.23. The van der Waals surface area contributed by atoms with Crippen molar-refractivity contribution in [2.75, 3.05) is 19.0 Å². The number of nitrogens with one attached hydrogen (secondary N) is 1. The molecule has 2 aromatic rings. The molecule has 20 heavy (non-hydrogen) atoms. The monoisotopic (exact) mass is 277 g/mol. The molecule has 0 spiro atoms. The van der Waals surface area contributed by atoms with Gasteiger partial charge < -0.3 is 20.2 Å². The fourth-order valence-electron chi connectivity index (χ4n) is 1.80. The SMILES string of the molecule is COC(CN)C(=O)Nc1ccc2oc(C(C)C)nc2c1. The summed E-state index contributed by atoms with van der Waals surface area (Å²) in [5, 5.41) is 2.75. The van der Waals surface area contributed by atoms with Crippen molar-refractivity contribution in [1.29, 1.82) is 0 Å². The van der Waals surface area contributed by atoms with Gasteiger partial charge in [0.2, 0.25) is 0 Å². The number of methoxy groups -OCH3 is 1. The average molecular weight is 277 g/mol. The Hall–Kier alpha value is -1.92. The van der Waals surface area contributed by atoms with Gasteiger partial charge in [0.1, 0.15) is 11.6 Å². The zero-order valence-corrected chi connectivity index (χ0v) is 11.8. The lowest BCUT2D eigenvalue weighted by molar-refractivity contribution is -0.125. The highest BCUT2D eigenvalue weighted by molar-refractivity contribution is 5.95. The molecule has 0 fully saturated rings. The van der Waals surface area contributed by atoms with E-state index in [0.717, 1.165) is 0 Å². The molecule has 0 aliphatic heterocycles. The number of carbonyl (C=O) groups is 1. The van der Waals surface area contributed by atoms with Crippen LogP contribution in [-0.2, 0) is 9.53 Å². The van der Waals surface area contributed by atoms with Gasteiger partial charge in [-0.2, -0.15) is 0 Å². The minimum Gasteiger partial charge on any atom is -0.440 e. The summed E-state index contributed by atoms with van der Waals surface area (Å²) in [7, 11) is 1.45. The lowest BCUT2D eigenvalue weighted by Gasteiger charge is -2.12. The molecule has 6 nitrogen and oxygen atoms in total. The van der Waals surface area contributed by atoms with E-state index in [-0.39, 0.29) is 18.4 Å². The Balaban J connectivity index is 2.21. The number of carbonyl (C=O) groups excluding carboxylic acids is 1. The van der Waals surface area contributed by atoms with Crippen molar-refractivity contribution >= 4 is 22.7 Å². The summed E-state index contributed by atoms with van der Waals surface area (Å²) in [5.74, 6) is 0.623. The highest BCUT2D eigenvalue weighted by Gasteiger charge is 2.16. The van der Waals surface area contributed by atoms with Gasteiger partial charge in [-0.15, -0.1) is 0 Å². The summed E-state index contributed by atoms with van der Waals surface area (Å²) in [6.45, 7) is 4.15. The van der Waals surface area contributed by atoms with Crippen molar-refractivity contribution in [1.82, 2.24) is 4.98 Å². The molecule has 1 atom stereocenters. The van der Waals surface area contributed by atoms with Crippen LogP contribution in [-0.4, -0.2) is 30.6 Å². The lowest BCUT2D eigenvalue weighted by Crippen LogP contribution is -2.35. The summed E-state index contributed by atoms with van der Waals surface area (Å²) in [6.07, 6.45) is -0.658. The molecule has 0 aliphatic rings. The molecule has 108 valence electrons. The second-order valence-electron chi connectivity index (χ2n) is 4.84. The molecule has 1 aromatic carbocycles. The number of benzene rings is 1. The first-order valence-corrected chi connectivity index (χ1v) is 6.49. The molecule has 1 amide bonds. The van der Waals surface area contributed by atoms with E-state index in [9.17, 15) is 4.79 Å². The Kier molecular flexibility index (Phi) is 4.36. The Morgan fingerprint density at radius 1 is 1.50 bits per heavy atom. The third-order valence-corrected chi connectivity index (χ3v) is 2.96. The zero-order chi connectivity index (χ0) is 14.7. The van der Waals surface area contributed by atoms with Gasteiger partial charge in [-0.25, -0.2) is 4.98 Å². The standard InChI is InChI=1S/C14H19N3O3/c1-8(2)14-17-10-6-9(4-5-11(10)20-14)16-13(18)12(7-15)19-3/h4-6,8,12H,7,15H2,1-3H3,(H,16,18). The largest absolute Gasteiger partial charge is 0.440 e. The molecule has 1 aromatic heterocycles. The van der Waals surface area contributed by atoms with Crippen molar-refractivity contribution < 1.29 is 13.9 Å². The Morgan fingerprint density at radius 3 is 2.85 bits per heavy atom. The second kappa shape index (κ2) is 6.02. The Bertz CT molecular complexity index is 603. The number of hydrogen-bond acceptors (Lipinski definition) is 5. The van der Waals surface area contributed by atoms with Gasteiger partial charge >= 0.3 is 0 Å². The molecule has 0 saturated heterocycles. The van der Waals surface area contributed by atoms with Crippen LogP contribution in [0.25, 0.3) is 11.1 Å². The molecule has 0 saturated carbocycles. The first kappa shape index (κ1) is 14.5. The maximum atomic E-state index is 11.9. The van der Waals surface area contributed by atoms with Gasteiger partial charge in [0, 0.05) is 25.3 Å². The molecule has 1 heterocycles. The summed E-state index contributed by atoms with van der Waals surface area (Å²) in [6, 6.07) is 5.32. The number of hydrogen-bond donors (Lipinski definition) is 2. The fraction of sp³-hybridized carbons (Fsp3) is 0.429. The average Bonchev–Trinajstić information content (AvgIpc) is 2.83. The lowest BCUT2D eigenvalue weighted by atomic mass is 10.2. The van der Waals surface area contributed by atoms with Crippen molar-refractivity contribution in [3.8, 4) is 0 Å². The number of oxazole rings is 1. The van der Waals surface area contributed by atoms with Gasteiger partial charge in [0.15, 0.2) is 11.5 Å². The van der Waals surface area contributed by atoms with Crippen molar-refractivity contribution in [3.05, 3.63) is 24.1 Å². The third kappa shape index (κ3) is 2.97. The van der Waals surface area contributed by atoms with Crippen LogP contribution in [0.1, 0.15) is 25.7 Å².